The van der Waals surface area contributed by atoms with Crippen molar-refractivity contribution < 1.29 is 9.59 Å². The first-order valence-corrected chi connectivity index (χ1v) is 8.17. The number of hydrogen-bond donors (Lipinski definition) is 1. The monoisotopic (exact) mass is 295 g/mol. The maximum absolute atomic E-state index is 12.8. The van der Waals surface area contributed by atoms with Crippen LogP contribution in [0.15, 0.2) is 0 Å². The van der Waals surface area contributed by atoms with Gasteiger partial charge in [0.05, 0.1) is 5.92 Å². The first-order chi connectivity index (χ1) is 9.85. The summed E-state index contributed by atoms with van der Waals surface area (Å²) >= 11 is 0. The maximum Gasteiger partial charge on any atom is 0.227 e. The lowest BCUT2D eigenvalue weighted by molar-refractivity contribution is -0.143. The van der Waals surface area contributed by atoms with Gasteiger partial charge in [-0.15, -0.1) is 0 Å². The van der Waals surface area contributed by atoms with Crippen molar-refractivity contribution >= 4 is 11.8 Å². The van der Waals surface area contributed by atoms with Gasteiger partial charge >= 0.3 is 0 Å². The molecule has 2 amide bonds. The number of carbonyl (C=O) groups excluding carboxylic acids is 2. The standard InChI is InChI=1S/C16H29N3O2/c1-4-14(20)18-8-5-6-12(10-18)15(21)19-9-7-13(17)16(2,3)11-19/h12-13H,4-11,17H2,1-3H3. The predicted octanol–water partition coefficient (Wildman–Crippen LogP) is 1.22. The highest BCUT2D eigenvalue weighted by Crippen LogP contribution is 2.30. The Kier molecular flexibility index (Phi) is 4.91. The first kappa shape index (κ1) is 16.3. The van der Waals surface area contributed by atoms with Crippen LogP contribution in [0, 0.1) is 11.3 Å². The molecule has 2 saturated heterocycles. The van der Waals surface area contributed by atoms with E-state index in [2.05, 4.69) is 13.8 Å². The van der Waals surface area contributed by atoms with E-state index in [0.717, 1.165) is 38.9 Å². The van der Waals surface area contributed by atoms with E-state index in [0.29, 0.717) is 13.0 Å². The van der Waals surface area contributed by atoms with Gasteiger partial charge in [0.1, 0.15) is 0 Å². The average Bonchev–Trinajstić information content (AvgIpc) is 2.48. The predicted molar refractivity (Wildman–Crippen MR) is 82.5 cm³/mol. The summed E-state index contributed by atoms with van der Waals surface area (Å²) in [7, 11) is 0. The zero-order valence-electron chi connectivity index (χ0n) is 13.6. The number of rotatable bonds is 2. The van der Waals surface area contributed by atoms with Gasteiger partial charge in [0, 0.05) is 38.6 Å². The van der Waals surface area contributed by atoms with Crippen LogP contribution in [-0.4, -0.2) is 53.8 Å². The van der Waals surface area contributed by atoms with Crippen LogP contribution in [-0.2, 0) is 9.59 Å². The van der Waals surface area contributed by atoms with Crippen LogP contribution in [0.2, 0.25) is 0 Å². The van der Waals surface area contributed by atoms with Crippen molar-refractivity contribution in [2.45, 2.75) is 52.5 Å². The van der Waals surface area contributed by atoms with E-state index in [9.17, 15) is 9.59 Å². The molecule has 2 rings (SSSR count). The van der Waals surface area contributed by atoms with E-state index in [4.69, 9.17) is 5.73 Å². The van der Waals surface area contributed by atoms with E-state index in [1.54, 1.807) is 0 Å². The number of hydrogen-bond acceptors (Lipinski definition) is 3. The molecular weight excluding hydrogens is 266 g/mol. The first-order valence-electron chi connectivity index (χ1n) is 8.17. The second-order valence-electron chi connectivity index (χ2n) is 7.18. The van der Waals surface area contributed by atoms with Crippen molar-refractivity contribution in [3.63, 3.8) is 0 Å². The summed E-state index contributed by atoms with van der Waals surface area (Å²) in [6, 6.07) is 0.158. The average molecular weight is 295 g/mol. The minimum atomic E-state index is -0.0284. The molecule has 2 N–H and O–H groups in total. The Bertz CT molecular complexity index is 408. The van der Waals surface area contributed by atoms with Crippen molar-refractivity contribution in [1.82, 2.24) is 9.80 Å². The van der Waals surface area contributed by atoms with Crippen molar-refractivity contribution in [1.29, 1.82) is 0 Å². The van der Waals surface area contributed by atoms with Crippen LogP contribution in [0.25, 0.3) is 0 Å². The van der Waals surface area contributed by atoms with E-state index in [1.165, 1.54) is 0 Å². The van der Waals surface area contributed by atoms with Crippen molar-refractivity contribution in [3.05, 3.63) is 0 Å². The Morgan fingerprint density at radius 1 is 1.19 bits per heavy atom. The third-order valence-electron chi connectivity index (χ3n) is 5.05. The van der Waals surface area contributed by atoms with Crippen molar-refractivity contribution in [2.75, 3.05) is 26.2 Å². The van der Waals surface area contributed by atoms with Gasteiger partial charge in [-0.05, 0) is 24.7 Å². The molecule has 2 aliphatic rings. The topological polar surface area (TPSA) is 66.6 Å². The summed E-state index contributed by atoms with van der Waals surface area (Å²) in [6.45, 7) is 9.01. The zero-order valence-corrected chi connectivity index (χ0v) is 13.6. The van der Waals surface area contributed by atoms with Gasteiger partial charge in [-0.3, -0.25) is 9.59 Å². The van der Waals surface area contributed by atoms with Gasteiger partial charge < -0.3 is 15.5 Å². The molecule has 5 heteroatoms. The minimum absolute atomic E-state index is 0.0263. The Morgan fingerprint density at radius 2 is 1.90 bits per heavy atom. The second-order valence-corrected chi connectivity index (χ2v) is 7.18. The summed E-state index contributed by atoms with van der Waals surface area (Å²) in [4.78, 5) is 28.4. The molecule has 0 aromatic carbocycles. The molecule has 5 nitrogen and oxygen atoms in total. The molecular formula is C16H29N3O2. The van der Waals surface area contributed by atoms with Crippen LogP contribution >= 0.6 is 0 Å². The van der Waals surface area contributed by atoms with Crippen molar-refractivity contribution in [2.24, 2.45) is 17.1 Å². The highest BCUT2D eigenvalue weighted by molar-refractivity contribution is 5.81. The molecule has 2 fully saturated rings. The molecule has 0 aromatic rings. The summed E-state index contributed by atoms with van der Waals surface area (Å²) in [5.41, 5.74) is 6.12. The third kappa shape index (κ3) is 3.57. The van der Waals surface area contributed by atoms with Crippen molar-refractivity contribution in [3.8, 4) is 0 Å². The molecule has 2 heterocycles. The number of carbonyl (C=O) groups is 2. The Morgan fingerprint density at radius 3 is 2.52 bits per heavy atom. The number of likely N-dealkylation sites (tertiary alicyclic amines) is 2. The van der Waals surface area contributed by atoms with Gasteiger partial charge in [0.2, 0.25) is 11.8 Å². The normalized spacial score (nSPS) is 29.3. The Balaban J connectivity index is 1.98. The number of nitrogens with zero attached hydrogens (tertiary/aromatic N) is 2. The summed E-state index contributed by atoms with van der Waals surface area (Å²) in [6.07, 6.45) is 3.21. The maximum atomic E-state index is 12.8. The molecule has 2 unspecified atom stereocenters. The lowest BCUT2D eigenvalue weighted by atomic mass is 9.79. The van der Waals surface area contributed by atoms with Crippen LogP contribution in [0.3, 0.4) is 0 Å². The third-order valence-corrected chi connectivity index (χ3v) is 5.05. The molecule has 2 aliphatic heterocycles. The second kappa shape index (κ2) is 6.34. The van der Waals surface area contributed by atoms with Gasteiger partial charge in [0.15, 0.2) is 0 Å². The largest absolute Gasteiger partial charge is 0.342 e. The van der Waals surface area contributed by atoms with Gasteiger partial charge in [-0.25, -0.2) is 0 Å². The minimum Gasteiger partial charge on any atom is -0.342 e. The van der Waals surface area contributed by atoms with E-state index in [1.807, 2.05) is 16.7 Å². The van der Waals surface area contributed by atoms with E-state index < -0.39 is 0 Å². The molecule has 0 bridgehead atoms. The Hall–Kier alpha value is -1.10. The van der Waals surface area contributed by atoms with Gasteiger partial charge in [-0.2, -0.15) is 0 Å². The van der Waals surface area contributed by atoms with Gasteiger partial charge in [-0.1, -0.05) is 20.8 Å². The fraction of sp³-hybridized carbons (Fsp3) is 0.875. The number of amides is 2. The lowest BCUT2D eigenvalue weighted by Crippen LogP contribution is -2.56. The molecule has 21 heavy (non-hydrogen) atoms. The molecule has 0 aromatic heterocycles. The number of nitrogens with two attached hydrogens (primary N) is 1. The van der Waals surface area contributed by atoms with Crippen LogP contribution in [0.4, 0.5) is 0 Å². The van der Waals surface area contributed by atoms with E-state index in [-0.39, 0.29) is 29.2 Å². The number of piperidine rings is 2. The van der Waals surface area contributed by atoms with Crippen LogP contribution in [0.5, 0.6) is 0 Å². The highest BCUT2D eigenvalue weighted by atomic mass is 16.2. The summed E-state index contributed by atoms with van der Waals surface area (Å²) in [5.74, 6) is 0.344. The Labute approximate surface area is 127 Å². The zero-order chi connectivity index (χ0) is 15.6. The van der Waals surface area contributed by atoms with Gasteiger partial charge in [0.25, 0.3) is 0 Å². The van der Waals surface area contributed by atoms with Crippen LogP contribution in [0.1, 0.15) is 46.5 Å². The lowest BCUT2D eigenvalue weighted by Gasteiger charge is -2.44. The molecule has 2 atom stereocenters. The highest BCUT2D eigenvalue weighted by Gasteiger charge is 2.38. The molecule has 0 radical (unpaired) electrons. The fourth-order valence-electron chi connectivity index (χ4n) is 3.45. The van der Waals surface area contributed by atoms with Crippen LogP contribution < -0.4 is 5.73 Å². The van der Waals surface area contributed by atoms with E-state index >= 15 is 0 Å². The quantitative estimate of drug-likeness (QED) is 0.833. The summed E-state index contributed by atoms with van der Waals surface area (Å²) < 4.78 is 0. The smallest absolute Gasteiger partial charge is 0.227 e. The fourth-order valence-corrected chi connectivity index (χ4v) is 3.45. The SMILES string of the molecule is CCC(=O)N1CCCC(C(=O)N2CCC(N)C(C)(C)C2)C1. The molecule has 120 valence electrons. The summed E-state index contributed by atoms with van der Waals surface area (Å²) in [5, 5.41) is 0. The molecule has 0 spiro atoms. The molecule has 0 saturated carbocycles. The molecule has 0 aliphatic carbocycles.